The van der Waals surface area contributed by atoms with Crippen molar-refractivity contribution in [3.8, 4) is 5.75 Å². The fourth-order valence-corrected chi connectivity index (χ4v) is 3.03. The third-order valence-corrected chi connectivity index (χ3v) is 4.53. The molecule has 0 saturated heterocycles. The Labute approximate surface area is 168 Å². The molecule has 0 aliphatic carbocycles. The first kappa shape index (κ1) is 21.0. The van der Waals surface area contributed by atoms with E-state index in [-0.39, 0.29) is 12.5 Å². The number of rotatable bonds is 9. The Bertz CT molecular complexity index is 792. The number of ether oxygens (including phenoxy) is 2. The molecule has 0 aliphatic heterocycles. The number of amides is 1. The van der Waals surface area contributed by atoms with Crippen molar-refractivity contribution in [2.24, 2.45) is 0 Å². The first-order valence-electron chi connectivity index (χ1n) is 9.02. The molecule has 0 saturated carbocycles. The van der Waals surface area contributed by atoms with Gasteiger partial charge in [-0.05, 0) is 65.5 Å². The Hall–Kier alpha value is -2.34. The van der Waals surface area contributed by atoms with Gasteiger partial charge in [-0.2, -0.15) is 0 Å². The van der Waals surface area contributed by atoms with Gasteiger partial charge >= 0.3 is 5.97 Å². The van der Waals surface area contributed by atoms with Gasteiger partial charge in [0.2, 0.25) is 5.91 Å². The Morgan fingerprint density at radius 2 is 1.89 bits per heavy atom. The Morgan fingerprint density at radius 1 is 1.11 bits per heavy atom. The zero-order valence-electron chi connectivity index (χ0n) is 15.6. The van der Waals surface area contributed by atoms with Crippen molar-refractivity contribution in [3.63, 3.8) is 0 Å². The second-order valence-electron chi connectivity index (χ2n) is 5.88. The number of carbonyl (C=O) groups is 2. The van der Waals surface area contributed by atoms with Crippen molar-refractivity contribution in [1.29, 1.82) is 0 Å². The molecular formula is C21H24BrNO4. The molecule has 1 N–H and O–H groups in total. The molecule has 0 aromatic heterocycles. The van der Waals surface area contributed by atoms with Crippen LogP contribution in [-0.2, 0) is 16.0 Å². The minimum absolute atomic E-state index is 0.171. The molecule has 5 nitrogen and oxygen atoms in total. The van der Waals surface area contributed by atoms with Crippen LogP contribution >= 0.6 is 15.9 Å². The summed E-state index contributed by atoms with van der Waals surface area (Å²) in [6.07, 6.45) is 1.82. The van der Waals surface area contributed by atoms with E-state index >= 15 is 0 Å². The average Bonchev–Trinajstić information content (AvgIpc) is 2.66. The van der Waals surface area contributed by atoms with Crippen LogP contribution in [0.5, 0.6) is 5.75 Å². The normalized spacial score (nSPS) is 10.3. The lowest BCUT2D eigenvalue weighted by atomic mass is 10.1. The first-order chi connectivity index (χ1) is 13.0. The van der Waals surface area contributed by atoms with Gasteiger partial charge in [0.05, 0.1) is 28.9 Å². The summed E-state index contributed by atoms with van der Waals surface area (Å²) in [5, 5.41) is 2.77. The maximum absolute atomic E-state index is 12.2. The van der Waals surface area contributed by atoms with Crippen LogP contribution in [-0.4, -0.2) is 25.1 Å². The summed E-state index contributed by atoms with van der Waals surface area (Å²) in [6, 6.07) is 12.8. The van der Waals surface area contributed by atoms with Crippen LogP contribution in [0.4, 0.5) is 5.69 Å². The quantitative estimate of drug-likeness (QED) is 0.446. The number of nitrogens with one attached hydrogen (secondary N) is 1. The van der Waals surface area contributed by atoms with E-state index in [9.17, 15) is 9.59 Å². The summed E-state index contributed by atoms with van der Waals surface area (Å²) in [5.41, 5.74) is 2.04. The van der Waals surface area contributed by atoms with E-state index in [0.29, 0.717) is 30.7 Å². The maximum atomic E-state index is 12.2. The zero-order chi connectivity index (χ0) is 19.6. The van der Waals surface area contributed by atoms with Gasteiger partial charge in [-0.1, -0.05) is 25.1 Å². The number of hydrogen-bond acceptors (Lipinski definition) is 4. The van der Waals surface area contributed by atoms with Crippen molar-refractivity contribution in [1.82, 2.24) is 0 Å². The van der Waals surface area contributed by atoms with Gasteiger partial charge in [-0.15, -0.1) is 0 Å². The van der Waals surface area contributed by atoms with E-state index in [1.54, 1.807) is 31.2 Å². The van der Waals surface area contributed by atoms with Gasteiger partial charge in [0.15, 0.2) is 0 Å². The van der Waals surface area contributed by atoms with Gasteiger partial charge in [-0.25, -0.2) is 4.79 Å². The van der Waals surface area contributed by atoms with E-state index in [0.717, 1.165) is 16.6 Å². The fraction of sp³-hybridized carbons (Fsp3) is 0.333. The third kappa shape index (κ3) is 6.40. The lowest BCUT2D eigenvalue weighted by Crippen LogP contribution is -2.16. The van der Waals surface area contributed by atoms with Crippen molar-refractivity contribution >= 4 is 33.5 Å². The Balaban J connectivity index is 1.83. The van der Waals surface area contributed by atoms with Crippen LogP contribution < -0.4 is 10.1 Å². The molecule has 0 atom stereocenters. The van der Waals surface area contributed by atoms with Crippen LogP contribution in [0, 0.1) is 0 Å². The summed E-state index contributed by atoms with van der Waals surface area (Å²) < 4.78 is 11.7. The summed E-state index contributed by atoms with van der Waals surface area (Å²) in [7, 11) is 0. The maximum Gasteiger partial charge on any atom is 0.340 e. The molecule has 0 spiro atoms. The number of anilines is 1. The summed E-state index contributed by atoms with van der Waals surface area (Å²) in [6.45, 7) is 4.55. The minimum Gasteiger partial charge on any atom is -0.492 e. The Kier molecular flexibility index (Phi) is 8.33. The zero-order valence-corrected chi connectivity index (χ0v) is 17.2. The molecule has 2 aromatic carbocycles. The fourth-order valence-electron chi connectivity index (χ4n) is 2.49. The van der Waals surface area contributed by atoms with Gasteiger partial charge in [0, 0.05) is 6.42 Å². The van der Waals surface area contributed by atoms with Crippen LogP contribution in [0.1, 0.15) is 42.6 Å². The second-order valence-corrected chi connectivity index (χ2v) is 6.74. The highest BCUT2D eigenvalue weighted by Crippen LogP contribution is 2.26. The number of benzene rings is 2. The highest BCUT2D eigenvalue weighted by molar-refractivity contribution is 9.10. The third-order valence-electron chi connectivity index (χ3n) is 3.91. The predicted molar refractivity (Wildman–Crippen MR) is 109 cm³/mol. The number of esters is 1. The number of hydrogen-bond donors (Lipinski definition) is 1. The van der Waals surface area contributed by atoms with Crippen molar-refractivity contribution < 1.29 is 19.1 Å². The van der Waals surface area contributed by atoms with Crippen molar-refractivity contribution in [2.75, 3.05) is 18.5 Å². The summed E-state index contributed by atoms with van der Waals surface area (Å²) in [5.74, 6) is 0.146. The molecule has 1 amide bonds. The van der Waals surface area contributed by atoms with Crippen LogP contribution in [0.2, 0.25) is 0 Å². The lowest BCUT2D eigenvalue weighted by Gasteiger charge is -2.11. The smallest absolute Gasteiger partial charge is 0.340 e. The van der Waals surface area contributed by atoms with E-state index in [2.05, 4.69) is 28.2 Å². The SMILES string of the molecule is CCOC(=O)c1ccccc1NC(=O)CCCOc1ccc(CC)cc1Br. The molecule has 0 heterocycles. The number of para-hydroxylation sites is 1. The number of aryl methyl sites for hydroxylation is 1. The first-order valence-corrected chi connectivity index (χ1v) is 9.81. The van der Waals surface area contributed by atoms with Crippen molar-refractivity contribution in [2.45, 2.75) is 33.1 Å². The highest BCUT2D eigenvalue weighted by Gasteiger charge is 2.13. The van der Waals surface area contributed by atoms with Crippen LogP contribution in [0.15, 0.2) is 46.9 Å². The molecule has 0 aliphatic rings. The number of halogens is 1. The standard InChI is InChI=1S/C21H24BrNO4/c1-3-15-11-12-19(17(22)14-15)27-13-7-10-20(24)23-18-9-6-5-8-16(18)21(25)26-4-2/h5-6,8-9,11-12,14H,3-4,7,10,13H2,1-2H3,(H,23,24). The van der Waals surface area contributed by atoms with E-state index in [1.165, 1.54) is 5.56 Å². The summed E-state index contributed by atoms with van der Waals surface area (Å²) in [4.78, 5) is 24.1. The molecule has 2 rings (SSSR count). The van der Waals surface area contributed by atoms with Gasteiger partial charge in [-0.3, -0.25) is 4.79 Å². The lowest BCUT2D eigenvalue weighted by molar-refractivity contribution is -0.116. The molecule has 2 aromatic rings. The molecular weight excluding hydrogens is 410 g/mol. The molecule has 0 bridgehead atoms. The number of carbonyl (C=O) groups excluding carboxylic acids is 2. The summed E-state index contributed by atoms with van der Waals surface area (Å²) >= 11 is 3.50. The molecule has 0 fully saturated rings. The Morgan fingerprint density at radius 3 is 2.59 bits per heavy atom. The molecule has 0 radical (unpaired) electrons. The largest absolute Gasteiger partial charge is 0.492 e. The van der Waals surface area contributed by atoms with Crippen LogP contribution in [0.25, 0.3) is 0 Å². The van der Waals surface area contributed by atoms with Gasteiger partial charge < -0.3 is 14.8 Å². The van der Waals surface area contributed by atoms with Gasteiger partial charge in [0.25, 0.3) is 0 Å². The van der Waals surface area contributed by atoms with Crippen LogP contribution in [0.3, 0.4) is 0 Å². The minimum atomic E-state index is -0.447. The highest BCUT2D eigenvalue weighted by atomic mass is 79.9. The van der Waals surface area contributed by atoms with E-state index in [1.807, 2.05) is 18.2 Å². The molecule has 27 heavy (non-hydrogen) atoms. The second kappa shape index (κ2) is 10.7. The molecule has 144 valence electrons. The van der Waals surface area contributed by atoms with Crippen molar-refractivity contribution in [3.05, 3.63) is 58.1 Å². The topological polar surface area (TPSA) is 64.6 Å². The molecule has 0 unspecified atom stereocenters. The monoisotopic (exact) mass is 433 g/mol. The van der Waals surface area contributed by atoms with Gasteiger partial charge in [0.1, 0.15) is 5.75 Å². The van der Waals surface area contributed by atoms with E-state index in [4.69, 9.17) is 9.47 Å². The van der Waals surface area contributed by atoms with E-state index < -0.39 is 5.97 Å². The average molecular weight is 434 g/mol. The predicted octanol–water partition coefficient (Wildman–Crippen LogP) is 4.99. The molecule has 6 heteroatoms.